The summed E-state index contributed by atoms with van der Waals surface area (Å²) in [6.07, 6.45) is 0. The summed E-state index contributed by atoms with van der Waals surface area (Å²) >= 11 is 0. The minimum Gasteiger partial charge on any atom is -0.367 e. The van der Waals surface area contributed by atoms with E-state index in [-0.39, 0.29) is 12.5 Å². The van der Waals surface area contributed by atoms with Gasteiger partial charge in [-0.15, -0.1) is 0 Å². The first-order valence-electron chi connectivity index (χ1n) is 5.16. The molecule has 0 unspecified atom stereocenters. The van der Waals surface area contributed by atoms with Crippen LogP contribution in [0.15, 0.2) is 18.2 Å². The number of carbonyl (C=O) groups is 1. The Morgan fingerprint density at radius 1 is 1.44 bits per heavy atom. The Labute approximate surface area is 96.0 Å². The molecule has 0 aliphatic rings. The lowest BCUT2D eigenvalue weighted by atomic mass is 10.1. The van der Waals surface area contributed by atoms with E-state index in [0.717, 1.165) is 10.6 Å². The van der Waals surface area contributed by atoms with Gasteiger partial charge in [0.2, 0.25) is 0 Å². The molecule has 0 radical (unpaired) electrons. The number of hydrogen-bond donors (Lipinski definition) is 1. The van der Waals surface area contributed by atoms with Crippen LogP contribution >= 0.6 is 0 Å². The van der Waals surface area contributed by atoms with Crippen LogP contribution in [0.1, 0.15) is 16.7 Å². The van der Waals surface area contributed by atoms with Gasteiger partial charge in [0.25, 0.3) is 5.91 Å². The molecule has 0 heterocycles. The number of hydrogen-bond acceptors (Lipinski definition) is 3. The van der Waals surface area contributed by atoms with Crippen LogP contribution in [0.25, 0.3) is 0 Å². The minimum absolute atomic E-state index is 0.0142. The Balaban J connectivity index is 2.46. The molecule has 4 heteroatoms. The van der Waals surface area contributed by atoms with Crippen molar-refractivity contribution < 1.29 is 9.53 Å². The van der Waals surface area contributed by atoms with Crippen molar-refractivity contribution in [1.82, 2.24) is 5.01 Å². The van der Waals surface area contributed by atoms with Gasteiger partial charge in [0.15, 0.2) is 0 Å². The van der Waals surface area contributed by atoms with E-state index < -0.39 is 0 Å². The quantitative estimate of drug-likeness (QED) is 0.472. The van der Waals surface area contributed by atoms with Crippen molar-refractivity contribution in [3.63, 3.8) is 0 Å². The summed E-state index contributed by atoms with van der Waals surface area (Å²) in [5, 5.41) is 1.03. The number of carbonyl (C=O) groups excluding carboxylic acids is 1. The zero-order valence-electron chi connectivity index (χ0n) is 9.99. The summed E-state index contributed by atoms with van der Waals surface area (Å²) in [5.41, 5.74) is 3.49. The van der Waals surface area contributed by atoms with E-state index in [1.807, 2.05) is 26.0 Å². The van der Waals surface area contributed by atoms with Crippen molar-refractivity contribution in [2.75, 3.05) is 13.7 Å². The molecule has 0 saturated heterocycles. The topological polar surface area (TPSA) is 55.6 Å². The van der Waals surface area contributed by atoms with Crippen molar-refractivity contribution >= 4 is 5.91 Å². The number of likely N-dealkylation sites (N-methyl/N-ethyl adjacent to an activating group) is 1. The Bertz CT molecular complexity index is 375. The minimum atomic E-state index is -0.232. The van der Waals surface area contributed by atoms with Gasteiger partial charge in [0.1, 0.15) is 6.61 Å². The van der Waals surface area contributed by atoms with E-state index in [9.17, 15) is 4.79 Å². The maximum Gasteiger partial charge on any atom is 0.262 e. The molecule has 0 aliphatic heterocycles. The Hall–Kier alpha value is -1.39. The van der Waals surface area contributed by atoms with E-state index in [0.29, 0.717) is 6.61 Å². The van der Waals surface area contributed by atoms with Gasteiger partial charge in [-0.2, -0.15) is 0 Å². The largest absolute Gasteiger partial charge is 0.367 e. The maximum absolute atomic E-state index is 11.1. The van der Waals surface area contributed by atoms with Crippen molar-refractivity contribution in [3.05, 3.63) is 34.9 Å². The molecular formula is C12H18N2O2. The van der Waals surface area contributed by atoms with Crippen LogP contribution in [0.2, 0.25) is 0 Å². The lowest BCUT2D eigenvalue weighted by molar-refractivity contribution is -0.135. The van der Waals surface area contributed by atoms with Gasteiger partial charge in [0.05, 0.1) is 6.61 Å². The summed E-state index contributed by atoms with van der Waals surface area (Å²) in [7, 11) is 1.50. The van der Waals surface area contributed by atoms with Gasteiger partial charge in [-0.25, -0.2) is 5.84 Å². The second kappa shape index (κ2) is 5.63. The molecule has 0 bridgehead atoms. The average molecular weight is 222 g/mol. The summed E-state index contributed by atoms with van der Waals surface area (Å²) in [4.78, 5) is 11.1. The molecule has 0 fully saturated rings. The van der Waals surface area contributed by atoms with Crippen molar-refractivity contribution in [3.8, 4) is 0 Å². The van der Waals surface area contributed by atoms with E-state index in [1.165, 1.54) is 18.2 Å². The van der Waals surface area contributed by atoms with Crippen LogP contribution in [0.4, 0.5) is 0 Å². The second-order valence-corrected chi connectivity index (χ2v) is 3.93. The molecule has 2 N–H and O–H groups in total. The number of nitrogens with zero attached hydrogens (tertiary/aromatic N) is 1. The second-order valence-electron chi connectivity index (χ2n) is 3.93. The first-order chi connectivity index (χ1) is 7.50. The summed E-state index contributed by atoms with van der Waals surface area (Å²) < 4.78 is 5.29. The normalized spacial score (nSPS) is 10.2. The molecule has 0 aliphatic carbocycles. The van der Waals surface area contributed by atoms with Gasteiger partial charge in [-0.1, -0.05) is 23.8 Å². The highest BCUT2D eigenvalue weighted by atomic mass is 16.5. The molecule has 0 aromatic heterocycles. The van der Waals surface area contributed by atoms with Gasteiger partial charge in [-0.05, 0) is 25.0 Å². The molecule has 16 heavy (non-hydrogen) atoms. The Morgan fingerprint density at radius 3 is 2.69 bits per heavy atom. The lowest BCUT2D eigenvalue weighted by Crippen LogP contribution is -2.35. The van der Waals surface area contributed by atoms with Crippen LogP contribution in [0, 0.1) is 13.8 Å². The number of hydrazine groups is 1. The lowest BCUT2D eigenvalue weighted by Gasteiger charge is -2.11. The highest BCUT2D eigenvalue weighted by Gasteiger charge is 2.05. The van der Waals surface area contributed by atoms with E-state index in [4.69, 9.17) is 10.6 Å². The van der Waals surface area contributed by atoms with Crippen LogP contribution in [-0.2, 0) is 16.1 Å². The molecular weight excluding hydrogens is 204 g/mol. The highest BCUT2D eigenvalue weighted by molar-refractivity contribution is 5.76. The summed E-state index contributed by atoms with van der Waals surface area (Å²) in [6.45, 7) is 4.53. The first kappa shape index (κ1) is 12.7. The Morgan fingerprint density at radius 2 is 2.12 bits per heavy atom. The SMILES string of the molecule is Cc1ccc(COCC(=O)N(C)N)c(C)c1. The van der Waals surface area contributed by atoms with Gasteiger partial charge in [0, 0.05) is 7.05 Å². The van der Waals surface area contributed by atoms with Crippen molar-refractivity contribution in [2.45, 2.75) is 20.5 Å². The summed E-state index contributed by atoms with van der Waals surface area (Å²) in [6, 6.07) is 6.14. The van der Waals surface area contributed by atoms with E-state index in [1.54, 1.807) is 0 Å². The molecule has 1 aromatic rings. The highest BCUT2D eigenvalue weighted by Crippen LogP contribution is 2.11. The molecule has 1 aromatic carbocycles. The van der Waals surface area contributed by atoms with Crippen LogP contribution in [-0.4, -0.2) is 24.6 Å². The third-order valence-electron chi connectivity index (χ3n) is 2.37. The standard InChI is InChI=1S/C12H18N2O2/c1-9-4-5-11(10(2)6-9)7-16-8-12(15)14(3)13/h4-6H,7-8,13H2,1-3H3. The monoisotopic (exact) mass is 222 g/mol. The average Bonchev–Trinajstić information content (AvgIpc) is 2.20. The third kappa shape index (κ3) is 3.64. The predicted molar refractivity (Wildman–Crippen MR) is 62.5 cm³/mol. The fourth-order valence-electron chi connectivity index (χ4n) is 1.36. The van der Waals surface area contributed by atoms with Crippen LogP contribution in [0.5, 0.6) is 0 Å². The number of aryl methyl sites for hydroxylation is 2. The molecule has 0 saturated carbocycles. The maximum atomic E-state index is 11.1. The number of nitrogens with two attached hydrogens (primary N) is 1. The Kier molecular flexibility index (Phi) is 4.46. The fraction of sp³-hybridized carbons (Fsp3) is 0.417. The van der Waals surface area contributed by atoms with E-state index >= 15 is 0 Å². The molecule has 4 nitrogen and oxygen atoms in total. The smallest absolute Gasteiger partial charge is 0.262 e. The molecule has 88 valence electrons. The molecule has 1 amide bonds. The predicted octanol–water partition coefficient (Wildman–Crippen LogP) is 1.15. The first-order valence-corrected chi connectivity index (χ1v) is 5.16. The molecule has 1 rings (SSSR count). The fourth-order valence-corrected chi connectivity index (χ4v) is 1.36. The molecule has 0 spiro atoms. The zero-order valence-corrected chi connectivity index (χ0v) is 9.99. The van der Waals surface area contributed by atoms with Crippen LogP contribution in [0.3, 0.4) is 0 Å². The molecule has 0 atom stereocenters. The third-order valence-corrected chi connectivity index (χ3v) is 2.37. The number of amides is 1. The van der Waals surface area contributed by atoms with Gasteiger partial charge >= 0.3 is 0 Å². The van der Waals surface area contributed by atoms with Crippen molar-refractivity contribution in [1.29, 1.82) is 0 Å². The van der Waals surface area contributed by atoms with Crippen LogP contribution < -0.4 is 5.84 Å². The van der Waals surface area contributed by atoms with Gasteiger partial charge < -0.3 is 4.74 Å². The van der Waals surface area contributed by atoms with Crippen molar-refractivity contribution in [2.24, 2.45) is 5.84 Å². The summed E-state index contributed by atoms with van der Waals surface area (Å²) in [5.74, 6) is 5.04. The van der Waals surface area contributed by atoms with Gasteiger partial charge in [-0.3, -0.25) is 9.80 Å². The number of ether oxygens (including phenoxy) is 1. The number of rotatable bonds is 4. The number of benzene rings is 1. The van der Waals surface area contributed by atoms with E-state index in [2.05, 4.69) is 6.07 Å². The zero-order chi connectivity index (χ0) is 12.1.